The molecule has 2 N–H and O–H groups in total. The van der Waals surface area contributed by atoms with Gasteiger partial charge < -0.3 is 19.7 Å². The second kappa shape index (κ2) is 7.87. The highest BCUT2D eigenvalue weighted by Gasteiger charge is 2.47. The van der Waals surface area contributed by atoms with Crippen molar-refractivity contribution in [1.29, 1.82) is 0 Å². The van der Waals surface area contributed by atoms with Crippen molar-refractivity contribution in [2.75, 3.05) is 39.4 Å². The molecule has 4 rings (SSSR count). The normalized spacial score (nSPS) is 26.2. The van der Waals surface area contributed by atoms with Crippen LogP contribution in [-0.4, -0.2) is 71.2 Å². The van der Waals surface area contributed by atoms with Gasteiger partial charge in [0.25, 0.3) is 5.91 Å². The lowest BCUT2D eigenvalue weighted by Gasteiger charge is -2.50. The summed E-state index contributed by atoms with van der Waals surface area (Å²) in [5.74, 6) is -0.217. The second-order valence-electron chi connectivity index (χ2n) is 7.38. The number of hydrogen-bond acceptors (Lipinski definition) is 5. The lowest BCUT2D eigenvalue weighted by atomic mass is 9.79. The Balaban J connectivity index is 1.63. The van der Waals surface area contributed by atoms with Gasteiger partial charge in [-0.1, -0.05) is 36.4 Å². The Bertz CT molecular complexity index is 878. The van der Waals surface area contributed by atoms with Crippen LogP contribution in [0.2, 0.25) is 0 Å². The zero-order chi connectivity index (χ0) is 19.6. The van der Waals surface area contributed by atoms with Gasteiger partial charge in [0.15, 0.2) is 0 Å². The predicted molar refractivity (Wildman–Crippen MR) is 104 cm³/mol. The van der Waals surface area contributed by atoms with Crippen molar-refractivity contribution in [3.05, 3.63) is 70.1 Å². The predicted octanol–water partition coefficient (Wildman–Crippen LogP) is 0.809. The first-order valence-corrected chi connectivity index (χ1v) is 9.66. The van der Waals surface area contributed by atoms with Crippen LogP contribution in [0.1, 0.15) is 22.5 Å². The Morgan fingerprint density at radius 3 is 2.54 bits per heavy atom. The molecule has 1 aromatic heterocycles. The number of hydrogen-bond donors (Lipinski definition) is 2. The molecular formula is C21H25N3O4. The van der Waals surface area contributed by atoms with Crippen LogP contribution in [0.25, 0.3) is 0 Å². The summed E-state index contributed by atoms with van der Waals surface area (Å²) in [6.45, 7) is 3.46. The Morgan fingerprint density at radius 2 is 1.82 bits per heavy atom. The number of aliphatic hydroxyl groups is 1. The third kappa shape index (κ3) is 3.61. The van der Waals surface area contributed by atoms with Crippen LogP contribution in [0, 0.1) is 0 Å². The van der Waals surface area contributed by atoms with Crippen molar-refractivity contribution in [2.45, 2.75) is 18.1 Å². The minimum absolute atomic E-state index is 0.217. The number of ether oxygens (including phenoxy) is 1. The van der Waals surface area contributed by atoms with E-state index in [9.17, 15) is 14.7 Å². The fourth-order valence-electron chi connectivity index (χ4n) is 4.22. The smallest absolute Gasteiger partial charge is 0.270 e. The number of amides is 1. The number of carbonyl (C=O) groups excluding carboxylic acids is 1. The molecule has 2 aliphatic heterocycles. The van der Waals surface area contributed by atoms with Crippen LogP contribution in [0.3, 0.4) is 0 Å². The zero-order valence-electron chi connectivity index (χ0n) is 15.7. The van der Waals surface area contributed by atoms with Crippen LogP contribution < -0.4 is 5.56 Å². The molecule has 3 heterocycles. The van der Waals surface area contributed by atoms with Crippen molar-refractivity contribution in [3.8, 4) is 0 Å². The molecule has 2 aliphatic rings. The number of aromatic nitrogens is 1. The average Bonchev–Trinajstić information content (AvgIpc) is 2.75. The van der Waals surface area contributed by atoms with E-state index in [1.165, 1.54) is 6.07 Å². The fraction of sp³-hybridized carbons (Fsp3) is 0.429. The first-order chi connectivity index (χ1) is 13.6. The molecule has 148 valence electrons. The number of carbonyl (C=O) groups is 1. The molecule has 2 fully saturated rings. The maximum atomic E-state index is 13.0. The lowest BCUT2D eigenvalue weighted by Crippen LogP contribution is -2.63. The summed E-state index contributed by atoms with van der Waals surface area (Å²) < 4.78 is 5.48. The van der Waals surface area contributed by atoms with E-state index in [4.69, 9.17) is 4.74 Å². The van der Waals surface area contributed by atoms with Gasteiger partial charge in [-0.15, -0.1) is 0 Å². The van der Waals surface area contributed by atoms with Gasteiger partial charge in [0, 0.05) is 32.2 Å². The third-order valence-electron chi connectivity index (χ3n) is 5.75. The summed E-state index contributed by atoms with van der Waals surface area (Å²) in [5.41, 5.74) is -0.196. The zero-order valence-corrected chi connectivity index (χ0v) is 15.7. The van der Waals surface area contributed by atoms with Gasteiger partial charge in [-0.3, -0.25) is 14.5 Å². The maximum Gasteiger partial charge on any atom is 0.270 e. The summed E-state index contributed by atoms with van der Waals surface area (Å²) in [7, 11) is 0. The van der Waals surface area contributed by atoms with Gasteiger partial charge in [0.05, 0.1) is 19.3 Å². The van der Waals surface area contributed by atoms with Crippen LogP contribution in [0.15, 0.2) is 53.3 Å². The topological polar surface area (TPSA) is 85.9 Å². The summed E-state index contributed by atoms with van der Waals surface area (Å²) in [6.07, 6.45) is 0.432. The Kier molecular flexibility index (Phi) is 5.30. The maximum absolute atomic E-state index is 13.0. The first kappa shape index (κ1) is 18.9. The number of piperidine rings is 1. The number of benzene rings is 1. The molecule has 2 aromatic rings. The van der Waals surface area contributed by atoms with E-state index >= 15 is 0 Å². The Labute approximate surface area is 163 Å². The lowest BCUT2D eigenvalue weighted by molar-refractivity contribution is -0.112. The number of rotatable bonds is 3. The highest BCUT2D eigenvalue weighted by molar-refractivity contribution is 5.92. The molecule has 7 nitrogen and oxygen atoms in total. The summed E-state index contributed by atoms with van der Waals surface area (Å²) in [5, 5.41) is 11.7. The largest absolute Gasteiger partial charge is 0.383 e. The molecule has 2 saturated heterocycles. The van der Waals surface area contributed by atoms with E-state index in [0.717, 1.165) is 5.56 Å². The van der Waals surface area contributed by atoms with Gasteiger partial charge in [0.2, 0.25) is 5.56 Å². The number of morpholine rings is 1. The minimum Gasteiger partial charge on any atom is -0.383 e. The highest BCUT2D eigenvalue weighted by Crippen LogP contribution is 2.36. The summed E-state index contributed by atoms with van der Waals surface area (Å²) >= 11 is 0. The molecule has 0 aliphatic carbocycles. The van der Waals surface area contributed by atoms with Crippen molar-refractivity contribution >= 4 is 5.91 Å². The molecular weight excluding hydrogens is 358 g/mol. The molecule has 28 heavy (non-hydrogen) atoms. The van der Waals surface area contributed by atoms with E-state index in [1.807, 2.05) is 30.3 Å². The van der Waals surface area contributed by atoms with E-state index < -0.39 is 5.60 Å². The molecule has 7 heteroatoms. The van der Waals surface area contributed by atoms with Crippen LogP contribution in [0.5, 0.6) is 0 Å². The molecule has 2 atom stereocenters. The van der Waals surface area contributed by atoms with Gasteiger partial charge >= 0.3 is 0 Å². The molecule has 1 aromatic carbocycles. The second-order valence-corrected chi connectivity index (χ2v) is 7.38. The number of nitrogens with zero attached hydrogens (tertiary/aromatic N) is 2. The standard InChI is InChI=1S/C21H25N3O4/c25-19-8-4-7-17(22-19)20(26)24-10-9-21(27,16-5-2-1-3-6-16)18(15-24)23-11-13-28-14-12-23/h1-8,18,27H,9-15H2,(H,22,25)/t18-,21+/m1/s1. The molecule has 0 bridgehead atoms. The van der Waals surface area contributed by atoms with Crippen molar-refractivity contribution in [1.82, 2.24) is 14.8 Å². The average molecular weight is 383 g/mol. The van der Waals surface area contributed by atoms with Gasteiger partial charge in [-0.25, -0.2) is 0 Å². The number of H-pyrrole nitrogens is 1. The van der Waals surface area contributed by atoms with Gasteiger partial charge in [0.1, 0.15) is 11.3 Å². The summed E-state index contributed by atoms with van der Waals surface area (Å²) in [6, 6.07) is 14.0. The molecule has 1 amide bonds. The van der Waals surface area contributed by atoms with E-state index in [2.05, 4.69) is 9.88 Å². The van der Waals surface area contributed by atoms with Crippen molar-refractivity contribution in [2.24, 2.45) is 0 Å². The Morgan fingerprint density at radius 1 is 1.07 bits per heavy atom. The SMILES string of the molecule is O=C(c1cccc(=O)[nH]1)N1CC[C@](O)(c2ccccc2)[C@H](N2CCOCC2)C1. The minimum atomic E-state index is -1.04. The van der Waals surface area contributed by atoms with E-state index in [-0.39, 0.29) is 23.2 Å². The summed E-state index contributed by atoms with van der Waals surface area (Å²) in [4.78, 5) is 31.1. The number of aromatic amines is 1. The van der Waals surface area contributed by atoms with Crippen molar-refractivity contribution < 1.29 is 14.6 Å². The van der Waals surface area contributed by atoms with Crippen LogP contribution >= 0.6 is 0 Å². The number of nitrogens with one attached hydrogen (secondary N) is 1. The van der Waals surface area contributed by atoms with Gasteiger partial charge in [-0.05, 0) is 18.1 Å². The molecule has 0 spiro atoms. The molecule has 0 radical (unpaired) electrons. The monoisotopic (exact) mass is 383 g/mol. The number of pyridine rings is 1. The third-order valence-corrected chi connectivity index (χ3v) is 5.75. The molecule has 0 unspecified atom stereocenters. The first-order valence-electron chi connectivity index (χ1n) is 9.66. The van der Waals surface area contributed by atoms with E-state index in [1.54, 1.807) is 17.0 Å². The fourth-order valence-corrected chi connectivity index (χ4v) is 4.22. The van der Waals surface area contributed by atoms with Crippen LogP contribution in [-0.2, 0) is 10.3 Å². The Hall–Kier alpha value is -2.48. The molecule has 0 saturated carbocycles. The quantitative estimate of drug-likeness (QED) is 0.819. The highest BCUT2D eigenvalue weighted by atomic mass is 16.5. The van der Waals surface area contributed by atoms with Gasteiger partial charge in [-0.2, -0.15) is 0 Å². The van der Waals surface area contributed by atoms with Crippen molar-refractivity contribution in [3.63, 3.8) is 0 Å². The van der Waals surface area contributed by atoms with E-state index in [0.29, 0.717) is 45.8 Å². The van der Waals surface area contributed by atoms with Crippen LogP contribution in [0.4, 0.5) is 0 Å². The number of likely N-dealkylation sites (tertiary alicyclic amines) is 1.